The van der Waals surface area contributed by atoms with Gasteiger partial charge in [0.1, 0.15) is 5.82 Å². The first kappa shape index (κ1) is 23.7. The Balaban J connectivity index is 1.33. The summed E-state index contributed by atoms with van der Waals surface area (Å²) in [6, 6.07) is 13.7. The van der Waals surface area contributed by atoms with Crippen molar-refractivity contribution in [3.05, 3.63) is 53.1 Å². The van der Waals surface area contributed by atoms with Gasteiger partial charge < -0.3 is 15.5 Å². The average Bonchev–Trinajstić information content (AvgIpc) is 2.78. The summed E-state index contributed by atoms with van der Waals surface area (Å²) in [6.45, 7) is 0.617. The van der Waals surface area contributed by atoms with Gasteiger partial charge in [-0.25, -0.2) is 13.4 Å². The fourth-order valence-corrected chi connectivity index (χ4v) is 5.21. The van der Waals surface area contributed by atoms with Crippen molar-refractivity contribution in [1.29, 1.82) is 0 Å². The third-order valence-corrected chi connectivity index (χ3v) is 7.56. The number of hydrogen-bond donors (Lipinski definition) is 2. The molecule has 0 radical (unpaired) electrons. The molecular formula is C24H30ClN5O2S. The van der Waals surface area contributed by atoms with E-state index in [1.165, 1.54) is 12.3 Å². The number of benzene rings is 2. The summed E-state index contributed by atoms with van der Waals surface area (Å²) in [4.78, 5) is 11.7. The lowest BCUT2D eigenvalue weighted by atomic mass is 9.91. The summed E-state index contributed by atoms with van der Waals surface area (Å²) >= 11 is 6.31. The number of nitrogens with zero attached hydrogens (tertiary/aromatic N) is 3. The van der Waals surface area contributed by atoms with E-state index in [1.807, 2.05) is 43.3 Å². The van der Waals surface area contributed by atoms with Crippen molar-refractivity contribution in [2.45, 2.75) is 49.2 Å². The van der Waals surface area contributed by atoms with E-state index in [1.54, 1.807) is 12.1 Å². The van der Waals surface area contributed by atoms with E-state index in [9.17, 15) is 8.42 Å². The fourth-order valence-electron chi connectivity index (χ4n) is 4.25. The van der Waals surface area contributed by atoms with Gasteiger partial charge in [-0.05, 0) is 55.5 Å². The zero-order valence-corrected chi connectivity index (χ0v) is 20.7. The van der Waals surface area contributed by atoms with Gasteiger partial charge in [-0.15, -0.1) is 0 Å². The molecule has 1 heterocycles. The lowest BCUT2D eigenvalue weighted by Gasteiger charge is -2.30. The molecule has 0 spiro atoms. The van der Waals surface area contributed by atoms with Crippen LogP contribution in [-0.4, -0.2) is 50.8 Å². The Hall–Kier alpha value is -2.42. The summed E-state index contributed by atoms with van der Waals surface area (Å²) in [5.74, 6) is 1.59. The van der Waals surface area contributed by atoms with Crippen LogP contribution in [0.3, 0.4) is 0 Å². The number of halogens is 1. The average molecular weight is 488 g/mol. The Bertz CT molecular complexity index is 1240. The topological polar surface area (TPSA) is 87.2 Å². The van der Waals surface area contributed by atoms with Gasteiger partial charge in [0.05, 0.1) is 10.4 Å². The van der Waals surface area contributed by atoms with Gasteiger partial charge in [0.15, 0.2) is 9.84 Å². The molecule has 0 amide bonds. The van der Waals surface area contributed by atoms with Gasteiger partial charge in [-0.1, -0.05) is 29.8 Å². The second kappa shape index (κ2) is 9.83. The first-order valence-electron chi connectivity index (χ1n) is 11.1. The second-order valence-corrected chi connectivity index (χ2v) is 11.3. The highest BCUT2D eigenvalue weighted by Gasteiger charge is 2.22. The van der Waals surface area contributed by atoms with Gasteiger partial charge in [0, 0.05) is 49.4 Å². The number of rotatable bonds is 7. The maximum absolute atomic E-state index is 11.7. The predicted octanol–water partition coefficient (Wildman–Crippen LogP) is 4.27. The van der Waals surface area contributed by atoms with Crippen LogP contribution in [0, 0.1) is 0 Å². The van der Waals surface area contributed by atoms with Crippen molar-refractivity contribution in [2.24, 2.45) is 0 Å². The molecule has 176 valence electrons. The van der Waals surface area contributed by atoms with Crippen molar-refractivity contribution in [1.82, 2.24) is 15.3 Å². The van der Waals surface area contributed by atoms with Gasteiger partial charge in [-0.3, -0.25) is 0 Å². The van der Waals surface area contributed by atoms with Crippen LogP contribution in [0.1, 0.15) is 31.2 Å². The minimum atomic E-state index is -3.25. The van der Waals surface area contributed by atoms with Crippen molar-refractivity contribution in [3.8, 4) is 0 Å². The zero-order valence-electron chi connectivity index (χ0n) is 19.2. The standard InChI is InChI=1S/C24H30ClN5O2S/c1-30(2)23-20-6-4-5-7-22(20)28-24(29-23)27-18-11-9-17(10-12-18)26-15-16-8-13-19(14-21(16)25)33(3,31)32/h4-8,13-14,17-18,26H,9-12,15H2,1-3H3,(H,27,28,29). The molecule has 2 aromatic carbocycles. The van der Waals surface area contributed by atoms with Gasteiger partial charge >= 0.3 is 0 Å². The van der Waals surface area contributed by atoms with Crippen LogP contribution in [0.4, 0.5) is 11.8 Å². The van der Waals surface area contributed by atoms with Crippen LogP contribution in [-0.2, 0) is 16.4 Å². The van der Waals surface area contributed by atoms with E-state index in [0.717, 1.165) is 48.0 Å². The summed E-state index contributed by atoms with van der Waals surface area (Å²) < 4.78 is 23.4. The predicted molar refractivity (Wildman–Crippen MR) is 135 cm³/mol. The highest BCUT2D eigenvalue weighted by molar-refractivity contribution is 7.90. The first-order chi connectivity index (χ1) is 15.7. The van der Waals surface area contributed by atoms with Crippen LogP contribution < -0.4 is 15.5 Å². The van der Waals surface area contributed by atoms with Crippen LogP contribution in [0.2, 0.25) is 5.02 Å². The Morgan fingerprint density at radius 3 is 2.39 bits per heavy atom. The van der Waals surface area contributed by atoms with E-state index in [4.69, 9.17) is 21.6 Å². The monoisotopic (exact) mass is 487 g/mol. The number of sulfone groups is 1. The van der Waals surface area contributed by atoms with Crippen LogP contribution in [0.25, 0.3) is 10.9 Å². The molecule has 0 saturated heterocycles. The molecule has 2 N–H and O–H groups in total. The van der Waals surface area contributed by atoms with E-state index < -0.39 is 9.84 Å². The Kier molecular flexibility index (Phi) is 7.07. The lowest BCUT2D eigenvalue weighted by molar-refractivity contribution is 0.352. The highest BCUT2D eigenvalue weighted by Crippen LogP contribution is 2.27. The number of nitrogens with one attached hydrogen (secondary N) is 2. The van der Waals surface area contributed by atoms with E-state index >= 15 is 0 Å². The smallest absolute Gasteiger partial charge is 0.225 e. The minimum absolute atomic E-state index is 0.246. The molecule has 33 heavy (non-hydrogen) atoms. The Morgan fingerprint density at radius 2 is 1.73 bits per heavy atom. The maximum atomic E-state index is 11.7. The highest BCUT2D eigenvalue weighted by atomic mass is 35.5. The number of anilines is 2. The molecule has 4 rings (SSSR count). The molecule has 1 saturated carbocycles. The molecule has 0 aliphatic heterocycles. The Morgan fingerprint density at radius 1 is 1.03 bits per heavy atom. The fraction of sp³-hybridized carbons (Fsp3) is 0.417. The molecule has 3 aromatic rings. The molecule has 1 aliphatic carbocycles. The lowest BCUT2D eigenvalue weighted by Crippen LogP contribution is -2.37. The summed E-state index contributed by atoms with van der Waals surface area (Å²) in [6.07, 6.45) is 5.29. The molecule has 1 fully saturated rings. The molecule has 0 atom stereocenters. The van der Waals surface area contributed by atoms with Crippen LogP contribution >= 0.6 is 11.6 Å². The third-order valence-electron chi connectivity index (χ3n) is 6.10. The Labute approximate surface area is 200 Å². The zero-order chi connectivity index (χ0) is 23.6. The molecule has 1 aromatic heterocycles. The normalized spacial score (nSPS) is 18.9. The molecule has 0 unspecified atom stereocenters. The van der Waals surface area contributed by atoms with Crippen LogP contribution in [0.15, 0.2) is 47.4 Å². The molecule has 9 heteroatoms. The number of fused-ring (bicyclic) bond motifs is 1. The van der Waals surface area contributed by atoms with Crippen molar-refractivity contribution in [2.75, 3.05) is 30.6 Å². The van der Waals surface area contributed by atoms with E-state index in [2.05, 4.69) is 10.6 Å². The van der Waals surface area contributed by atoms with Crippen LogP contribution in [0.5, 0.6) is 0 Å². The molecule has 0 bridgehead atoms. The first-order valence-corrected chi connectivity index (χ1v) is 13.4. The van der Waals surface area contributed by atoms with E-state index in [0.29, 0.717) is 29.6 Å². The van der Waals surface area contributed by atoms with E-state index in [-0.39, 0.29) is 4.90 Å². The SMILES string of the molecule is CN(C)c1nc(NC2CCC(NCc3ccc(S(C)(=O)=O)cc3Cl)CC2)nc2ccccc12. The summed E-state index contributed by atoms with van der Waals surface area (Å²) in [7, 11) is 0.739. The number of hydrogen-bond acceptors (Lipinski definition) is 7. The summed E-state index contributed by atoms with van der Waals surface area (Å²) in [5, 5.41) is 8.63. The molecule has 7 nitrogen and oxygen atoms in total. The molecule has 1 aliphatic rings. The second-order valence-electron chi connectivity index (χ2n) is 8.88. The van der Waals surface area contributed by atoms with Gasteiger partial charge in [-0.2, -0.15) is 4.98 Å². The summed E-state index contributed by atoms with van der Waals surface area (Å²) in [5.41, 5.74) is 1.85. The van der Waals surface area contributed by atoms with Gasteiger partial charge in [0.25, 0.3) is 0 Å². The quantitative estimate of drug-likeness (QED) is 0.514. The van der Waals surface area contributed by atoms with Crippen molar-refractivity contribution >= 4 is 44.1 Å². The largest absolute Gasteiger partial charge is 0.362 e. The minimum Gasteiger partial charge on any atom is -0.362 e. The third kappa shape index (κ3) is 5.75. The van der Waals surface area contributed by atoms with Gasteiger partial charge in [0.2, 0.25) is 5.95 Å². The number of para-hydroxylation sites is 1. The van der Waals surface area contributed by atoms with Crippen molar-refractivity contribution in [3.63, 3.8) is 0 Å². The maximum Gasteiger partial charge on any atom is 0.225 e. The molecular weight excluding hydrogens is 458 g/mol. The number of aromatic nitrogens is 2. The van der Waals surface area contributed by atoms with Crippen molar-refractivity contribution < 1.29 is 8.42 Å².